The molecule has 0 saturated carbocycles. The zero-order chi connectivity index (χ0) is 15.9. The first-order valence-corrected chi connectivity index (χ1v) is 8.08. The van der Waals surface area contributed by atoms with Gasteiger partial charge in [0.25, 0.3) is 5.91 Å². The molecule has 2 rings (SSSR count). The standard InChI is InChI=1S/C14H19N3O4S/c18-12(19)2-1-4-15-14(21)17-7-5-16(6-8-17)13(20)11-3-9-22-10-11/h3,9-10H,1-2,4-8H2,(H,15,21)(H,18,19). The third-order valence-corrected chi connectivity index (χ3v) is 4.15. The van der Waals surface area contributed by atoms with E-state index in [1.54, 1.807) is 15.9 Å². The Morgan fingerprint density at radius 3 is 2.45 bits per heavy atom. The van der Waals surface area contributed by atoms with E-state index in [1.807, 2.05) is 10.8 Å². The smallest absolute Gasteiger partial charge is 0.317 e. The number of carboxylic acids is 1. The van der Waals surface area contributed by atoms with Crippen LogP contribution in [0.5, 0.6) is 0 Å². The van der Waals surface area contributed by atoms with Crippen molar-refractivity contribution in [3.05, 3.63) is 22.4 Å². The van der Waals surface area contributed by atoms with Gasteiger partial charge in [-0.2, -0.15) is 11.3 Å². The molecule has 0 unspecified atom stereocenters. The zero-order valence-electron chi connectivity index (χ0n) is 12.2. The third kappa shape index (κ3) is 4.45. The maximum Gasteiger partial charge on any atom is 0.317 e. The van der Waals surface area contributed by atoms with Crippen molar-refractivity contribution in [2.75, 3.05) is 32.7 Å². The Morgan fingerprint density at radius 2 is 1.86 bits per heavy atom. The Kier molecular flexibility index (Phi) is 5.76. The average Bonchev–Trinajstić information content (AvgIpc) is 3.05. The highest BCUT2D eigenvalue weighted by Crippen LogP contribution is 2.12. The molecule has 8 heteroatoms. The van der Waals surface area contributed by atoms with Gasteiger partial charge in [-0.1, -0.05) is 0 Å². The summed E-state index contributed by atoms with van der Waals surface area (Å²) in [5.74, 6) is -0.863. The highest BCUT2D eigenvalue weighted by Gasteiger charge is 2.24. The van der Waals surface area contributed by atoms with E-state index in [2.05, 4.69) is 5.32 Å². The van der Waals surface area contributed by atoms with Crippen molar-refractivity contribution in [3.63, 3.8) is 0 Å². The molecule has 7 nitrogen and oxygen atoms in total. The van der Waals surface area contributed by atoms with Crippen LogP contribution in [0.15, 0.2) is 16.8 Å². The molecule has 3 amide bonds. The Morgan fingerprint density at radius 1 is 1.18 bits per heavy atom. The number of nitrogens with one attached hydrogen (secondary N) is 1. The van der Waals surface area contributed by atoms with Crippen LogP contribution >= 0.6 is 11.3 Å². The summed E-state index contributed by atoms with van der Waals surface area (Å²) in [7, 11) is 0. The molecule has 0 spiro atoms. The average molecular weight is 325 g/mol. The molecule has 2 heterocycles. The van der Waals surface area contributed by atoms with Gasteiger partial charge in [0, 0.05) is 44.5 Å². The van der Waals surface area contributed by atoms with Crippen molar-refractivity contribution >= 4 is 29.2 Å². The summed E-state index contributed by atoms with van der Waals surface area (Å²) >= 11 is 1.49. The predicted molar refractivity (Wildman–Crippen MR) is 82.1 cm³/mol. The minimum Gasteiger partial charge on any atom is -0.481 e. The fourth-order valence-corrected chi connectivity index (χ4v) is 2.86. The van der Waals surface area contributed by atoms with Gasteiger partial charge >= 0.3 is 12.0 Å². The van der Waals surface area contributed by atoms with Gasteiger partial charge in [-0.15, -0.1) is 0 Å². The number of carbonyl (C=O) groups excluding carboxylic acids is 2. The number of carbonyl (C=O) groups is 3. The van der Waals surface area contributed by atoms with Crippen LogP contribution in [0.2, 0.25) is 0 Å². The van der Waals surface area contributed by atoms with Crippen LogP contribution in [0.4, 0.5) is 4.79 Å². The Labute approximate surface area is 132 Å². The molecule has 120 valence electrons. The predicted octanol–water partition coefficient (Wildman–Crippen LogP) is 1.08. The van der Waals surface area contributed by atoms with Crippen LogP contribution in [-0.2, 0) is 4.79 Å². The van der Waals surface area contributed by atoms with Gasteiger partial charge in [-0.05, 0) is 17.9 Å². The number of urea groups is 1. The van der Waals surface area contributed by atoms with Gasteiger partial charge in [0.1, 0.15) is 0 Å². The van der Waals surface area contributed by atoms with Crippen molar-refractivity contribution in [1.29, 1.82) is 0 Å². The van der Waals surface area contributed by atoms with E-state index in [1.165, 1.54) is 11.3 Å². The lowest BCUT2D eigenvalue weighted by atomic mass is 10.2. The molecule has 1 aliphatic rings. The summed E-state index contributed by atoms with van der Waals surface area (Å²) in [5.41, 5.74) is 0.691. The number of nitrogens with zero attached hydrogens (tertiary/aromatic N) is 2. The molecule has 0 atom stereocenters. The van der Waals surface area contributed by atoms with Gasteiger partial charge in [0.2, 0.25) is 0 Å². The number of piperazine rings is 1. The Bertz CT molecular complexity index is 524. The summed E-state index contributed by atoms with van der Waals surface area (Å²) in [6.45, 7) is 2.34. The lowest BCUT2D eigenvalue weighted by Gasteiger charge is -2.34. The molecule has 0 aliphatic carbocycles. The van der Waals surface area contributed by atoms with Crippen molar-refractivity contribution in [2.24, 2.45) is 0 Å². The topological polar surface area (TPSA) is 89.9 Å². The minimum absolute atomic E-state index is 0.00256. The van der Waals surface area contributed by atoms with E-state index in [-0.39, 0.29) is 18.4 Å². The first-order valence-electron chi connectivity index (χ1n) is 7.14. The second-order valence-electron chi connectivity index (χ2n) is 5.02. The fourth-order valence-electron chi connectivity index (χ4n) is 2.23. The quantitative estimate of drug-likeness (QED) is 0.793. The summed E-state index contributed by atoms with van der Waals surface area (Å²) in [5, 5.41) is 14.9. The van der Waals surface area contributed by atoms with Gasteiger partial charge in [-0.3, -0.25) is 9.59 Å². The lowest BCUT2D eigenvalue weighted by molar-refractivity contribution is -0.137. The summed E-state index contributed by atoms with van der Waals surface area (Å²) < 4.78 is 0. The zero-order valence-corrected chi connectivity index (χ0v) is 13.0. The summed E-state index contributed by atoms with van der Waals surface area (Å²) in [6.07, 6.45) is 0.459. The van der Waals surface area contributed by atoms with Crippen LogP contribution in [0.25, 0.3) is 0 Å². The van der Waals surface area contributed by atoms with Gasteiger partial charge < -0.3 is 20.2 Å². The van der Waals surface area contributed by atoms with E-state index in [0.29, 0.717) is 44.7 Å². The third-order valence-electron chi connectivity index (χ3n) is 3.47. The van der Waals surface area contributed by atoms with Crippen molar-refractivity contribution in [3.8, 4) is 0 Å². The molecule has 0 aromatic carbocycles. The van der Waals surface area contributed by atoms with Crippen LogP contribution in [-0.4, -0.2) is 65.5 Å². The van der Waals surface area contributed by atoms with Gasteiger partial charge in [0.15, 0.2) is 0 Å². The molecule has 1 aromatic heterocycles. The van der Waals surface area contributed by atoms with Crippen molar-refractivity contribution in [1.82, 2.24) is 15.1 Å². The first kappa shape index (κ1) is 16.3. The lowest BCUT2D eigenvalue weighted by Crippen LogP contribution is -2.53. The number of aliphatic carboxylic acids is 1. The number of rotatable bonds is 5. The van der Waals surface area contributed by atoms with Gasteiger partial charge in [-0.25, -0.2) is 4.79 Å². The number of amides is 3. The monoisotopic (exact) mass is 325 g/mol. The molecular weight excluding hydrogens is 306 g/mol. The van der Waals surface area contributed by atoms with E-state index in [0.717, 1.165) is 0 Å². The number of thiophene rings is 1. The van der Waals surface area contributed by atoms with Crippen molar-refractivity contribution in [2.45, 2.75) is 12.8 Å². The minimum atomic E-state index is -0.866. The summed E-state index contributed by atoms with van der Waals surface area (Å²) in [4.78, 5) is 37.9. The van der Waals surface area contributed by atoms with Crippen molar-refractivity contribution < 1.29 is 19.5 Å². The van der Waals surface area contributed by atoms with E-state index in [9.17, 15) is 14.4 Å². The normalized spacial score (nSPS) is 14.7. The molecule has 22 heavy (non-hydrogen) atoms. The number of hydrogen-bond acceptors (Lipinski definition) is 4. The van der Waals surface area contributed by atoms with Gasteiger partial charge in [0.05, 0.1) is 5.56 Å². The molecule has 1 aliphatic heterocycles. The van der Waals surface area contributed by atoms with Crippen LogP contribution in [0.3, 0.4) is 0 Å². The number of carboxylic acid groups (broad SMARTS) is 1. The van der Waals surface area contributed by atoms with E-state index < -0.39 is 5.97 Å². The molecular formula is C14H19N3O4S. The second kappa shape index (κ2) is 7.79. The SMILES string of the molecule is O=C(O)CCCNC(=O)N1CCN(C(=O)c2ccsc2)CC1. The summed E-state index contributed by atoms with van der Waals surface area (Å²) in [6, 6.07) is 1.60. The molecule has 1 saturated heterocycles. The fraction of sp³-hybridized carbons (Fsp3) is 0.500. The largest absolute Gasteiger partial charge is 0.481 e. The maximum absolute atomic E-state index is 12.2. The van der Waals surface area contributed by atoms with Crippen LogP contribution in [0, 0.1) is 0 Å². The molecule has 0 radical (unpaired) electrons. The highest BCUT2D eigenvalue weighted by atomic mass is 32.1. The molecule has 1 fully saturated rings. The van der Waals surface area contributed by atoms with E-state index >= 15 is 0 Å². The highest BCUT2D eigenvalue weighted by molar-refractivity contribution is 7.08. The Balaban J connectivity index is 1.71. The molecule has 2 N–H and O–H groups in total. The Hall–Kier alpha value is -2.09. The van der Waals surface area contributed by atoms with E-state index in [4.69, 9.17) is 5.11 Å². The first-order chi connectivity index (χ1) is 10.6. The maximum atomic E-state index is 12.2. The van der Waals surface area contributed by atoms with Crippen LogP contribution < -0.4 is 5.32 Å². The van der Waals surface area contributed by atoms with Crippen LogP contribution in [0.1, 0.15) is 23.2 Å². The number of hydrogen-bond donors (Lipinski definition) is 2. The molecule has 1 aromatic rings. The second-order valence-corrected chi connectivity index (χ2v) is 5.80. The molecule has 0 bridgehead atoms.